The van der Waals surface area contributed by atoms with E-state index in [1.807, 2.05) is 6.92 Å². The second kappa shape index (κ2) is 4.74. The van der Waals surface area contributed by atoms with E-state index in [4.69, 9.17) is 10.5 Å². The Morgan fingerprint density at radius 2 is 2.15 bits per heavy atom. The van der Waals surface area contributed by atoms with Crippen LogP contribution < -0.4 is 11.1 Å². The molecule has 1 rings (SSSR count). The molecule has 13 heavy (non-hydrogen) atoms. The van der Waals surface area contributed by atoms with E-state index in [1.165, 1.54) is 0 Å². The molecule has 0 aromatic rings. The van der Waals surface area contributed by atoms with Crippen LogP contribution in [-0.4, -0.2) is 31.8 Å². The number of hydrogen-bond acceptors (Lipinski definition) is 3. The van der Waals surface area contributed by atoms with Crippen LogP contribution in [0.2, 0.25) is 0 Å². The van der Waals surface area contributed by atoms with Gasteiger partial charge >= 0.3 is 0 Å². The first-order valence-corrected chi connectivity index (χ1v) is 4.86. The summed E-state index contributed by atoms with van der Waals surface area (Å²) in [6, 6.07) is 0. The molecular weight excluding hydrogens is 164 g/mol. The van der Waals surface area contributed by atoms with Gasteiger partial charge in [-0.25, -0.2) is 0 Å². The lowest BCUT2D eigenvalue weighted by Crippen LogP contribution is -2.54. The van der Waals surface area contributed by atoms with Crippen molar-refractivity contribution in [2.24, 2.45) is 5.73 Å². The number of nitrogens with two attached hydrogens (primary N) is 1. The molecule has 0 aliphatic carbocycles. The molecule has 3 heteroatoms. The predicted octanol–water partition coefficient (Wildman–Crippen LogP) is 0.660. The van der Waals surface area contributed by atoms with Gasteiger partial charge in [-0.15, -0.1) is 0 Å². The maximum absolute atomic E-state index is 5.78. The lowest BCUT2D eigenvalue weighted by molar-refractivity contribution is 0.0426. The summed E-state index contributed by atoms with van der Waals surface area (Å²) in [7, 11) is 0. The molecule has 0 unspecified atom stereocenters. The molecule has 0 aromatic carbocycles. The first kappa shape index (κ1) is 10.7. The van der Waals surface area contributed by atoms with E-state index in [1.54, 1.807) is 0 Å². The molecule has 0 spiro atoms. The average Bonchev–Trinajstić information content (AvgIpc) is 2.16. The van der Waals surface area contributed by atoms with Crippen LogP contribution in [0.5, 0.6) is 0 Å². The Hall–Kier alpha value is -0.380. The van der Waals surface area contributed by atoms with Crippen LogP contribution in [0.3, 0.4) is 0 Å². The van der Waals surface area contributed by atoms with Gasteiger partial charge in [0.1, 0.15) is 0 Å². The second-order valence-corrected chi connectivity index (χ2v) is 3.91. The molecule has 0 bridgehead atoms. The highest BCUT2D eigenvalue weighted by molar-refractivity contribution is 4.98. The highest BCUT2D eigenvalue weighted by Crippen LogP contribution is 2.19. The van der Waals surface area contributed by atoms with E-state index in [-0.39, 0.29) is 5.54 Å². The average molecular weight is 184 g/mol. The summed E-state index contributed by atoms with van der Waals surface area (Å²) in [5, 5.41) is 3.48. The van der Waals surface area contributed by atoms with Crippen LogP contribution in [-0.2, 0) is 4.74 Å². The molecular formula is C10H20N2O. The van der Waals surface area contributed by atoms with Crippen molar-refractivity contribution in [3.05, 3.63) is 12.2 Å². The summed E-state index contributed by atoms with van der Waals surface area (Å²) >= 11 is 0. The molecule has 0 amide bonds. The monoisotopic (exact) mass is 184 g/mol. The van der Waals surface area contributed by atoms with Crippen molar-refractivity contribution in [2.75, 3.05) is 26.3 Å². The van der Waals surface area contributed by atoms with E-state index in [0.29, 0.717) is 6.54 Å². The van der Waals surface area contributed by atoms with Gasteiger partial charge in [-0.2, -0.15) is 0 Å². The fraction of sp³-hybridized carbons (Fsp3) is 0.800. The van der Waals surface area contributed by atoms with Gasteiger partial charge in [-0.05, 0) is 19.8 Å². The summed E-state index contributed by atoms with van der Waals surface area (Å²) in [6.45, 7) is 9.08. The molecule has 3 nitrogen and oxygen atoms in total. The minimum absolute atomic E-state index is 0.0944. The molecule has 0 radical (unpaired) electrons. The van der Waals surface area contributed by atoms with Gasteiger partial charge < -0.3 is 15.8 Å². The third kappa shape index (κ3) is 3.10. The zero-order chi connectivity index (χ0) is 9.73. The molecule has 0 saturated carbocycles. The summed E-state index contributed by atoms with van der Waals surface area (Å²) < 4.78 is 5.32. The number of ether oxygens (including phenoxy) is 1. The van der Waals surface area contributed by atoms with Crippen LogP contribution in [0.4, 0.5) is 0 Å². The van der Waals surface area contributed by atoms with E-state index in [9.17, 15) is 0 Å². The molecule has 1 fully saturated rings. The fourth-order valence-corrected chi connectivity index (χ4v) is 1.55. The third-order valence-electron chi connectivity index (χ3n) is 2.61. The van der Waals surface area contributed by atoms with Crippen molar-refractivity contribution in [1.82, 2.24) is 5.32 Å². The van der Waals surface area contributed by atoms with Crippen molar-refractivity contribution in [1.29, 1.82) is 0 Å². The van der Waals surface area contributed by atoms with E-state index < -0.39 is 0 Å². The minimum atomic E-state index is 0.0944. The van der Waals surface area contributed by atoms with E-state index >= 15 is 0 Å². The molecule has 1 heterocycles. The zero-order valence-electron chi connectivity index (χ0n) is 8.44. The van der Waals surface area contributed by atoms with E-state index in [0.717, 1.165) is 38.2 Å². The molecule has 0 atom stereocenters. The van der Waals surface area contributed by atoms with Gasteiger partial charge in [0.05, 0.1) is 0 Å². The maximum atomic E-state index is 5.78. The SMILES string of the molecule is C=C(C)CNC1(CN)CCOCC1. The van der Waals surface area contributed by atoms with E-state index in [2.05, 4.69) is 11.9 Å². The lowest BCUT2D eigenvalue weighted by Gasteiger charge is -2.37. The number of nitrogens with one attached hydrogen (secondary N) is 1. The van der Waals surface area contributed by atoms with Gasteiger partial charge in [0.15, 0.2) is 0 Å². The zero-order valence-corrected chi connectivity index (χ0v) is 8.44. The van der Waals surface area contributed by atoms with Crippen LogP contribution in [0.25, 0.3) is 0 Å². The van der Waals surface area contributed by atoms with Crippen molar-refractivity contribution >= 4 is 0 Å². The van der Waals surface area contributed by atoms with Crippen LogP contribution in [0, 0.1) is 0 Å². The molecule has 3 N–H and O–H groups in total. The fourth-order valence-electron chi connectivity index (χ4n) is 1.55. The topological polar surface area (TPSA) is 47.3 Å². The summed E-state index contributed by atoms with van der Waals surface area (Å²) in [5.41, 5.74) is 7.02. The van der Waals surface area contributed by atoms with Crippen LogP contribution in [0.15, 0.2) is 12.2 Å². The molecule has 76 valence electrons. The molecule has 0 aromatic heterocycles. The first-order valence-electron chi connectivity index (χ1n) is 4.86. The number of rotatable bonds is 4. The van der Waals surface area contributed by atoms with Gasteiger partial charge in [0, 0.05) is 31.8 Å². The molecule has 1 saturated heterocycles. The van der Waals surface area contributed by atoms with Gasteiger partial charge in [0.25, 0.3) is 0 Å². The van der Waals surface area contributed by atoms with Gasteiger partial charge in [-0.1, -0.05) is 12.2 Å². The van der Waals surface area contributed by atoms with Crippen molar-refractivity contribution in [2.45, 2.75) is 25.3 Å². The Morgan fingerprint density at radius 3 is 2.62 bits per heavy atom. The maximum Gasteiger partial charge on any atom is 0.0484 e. The van der Waals surface area contributed by atoms with Crippen LogP contribution in [0.1, 0.15) is 19.8 Å². The van der Waals surface area contributed by atoms with Crippen molar-refractivity contribution in [3.8, 4) is 0 Å². The number of hydrogen-bond donors (Lipinski definition) is 2. The quantitative estimate of drug-likeness (QED) is 0.631. The Kier molecular flexibility index (Phi) is 3.90. The Balaban J connectivity index is 2.42. The minimum Gasteiger partial charge on any atom is -0.381 e. The Morgan fingerprint density at radius 1 is 1.54 bits per heavy atom. The van der Waals surface area contributed by atoms with Gasteiger partial charge in [-0.3, -0.25) is 0 Å². The summed E-state index contributed by atoms with van der Waals surface area (Å²) in [6.07, 6.45) is 2.02. The Bertz CT molecular complexity index is 174. The normalized spacial score (nSPS) is 21.4. The predicted molar refractivity (Wildman–Crippen MR) is 54.7 cm³/mol. The van der Waals surface area contributed by atoms with Gasteiger partial charge in [0.2, 0.25) is 0 Å². The largest absolute Gasteiger partial charge is 0.381 e. The second-order valence-electron chi connectivity index (χ2n) is 3.91. The Labute approximate surface area is 80.3 Å². The first-order chi connectivity index (χ1) is 6.18. The lowest BCUT2D eigenvalue weighted by atomic mass is 9.90. The standard InChI is InChI=1S/C10H20N2O/c1-9(2)7-12-10(8-11)3-5-13-6-4-10/h12H,1,3-8,11H2,2H3. The molecule has 1 aliphatic heterocycles. The smallest absolute Gasteiger partial charge is 0.0484 e. The highest BCUT2D eigenvalue weighted by atomic mass is 16.5. The summed E-state index contributed by atoms with van der Waals surface area (Å²) in [5.74, 6) is 0. The summed E-state index contributed by atoms with van der Waals surface area (Å²) in [4.78, 5) is 0. The van der Waals surface area contributed by atoms with Crippen molar-refractivity contribution < 1.29 is 4.74 Å². The van der Waals surface area contributed by atoms with Crippen molar-refractivity contribution in [3.63, 3.8) is 0 Å². The van der Waals surface area contributed by atoms with Crippen LogP contribution >= 0.6 is 0 Å². The molecule has 1 aliphatic rings. The highest BCUT2D eigenvalue weighted by Gasteiger charge is 2.30. The third-order valence-corrected chi connectivity index (χ3v) is 2.61.